The van der Waals surface area contributed by atoms with Crippen molar-refractivity contribution in [3.63, 3.8) is 0 Å². The van der Waals surface area contributed by atoms with Gasteiger partial charge in [-0.3, -0.25) is 4.79 Å². The van der Waals surface area contributed by atoms with E-state index in [1.807, 2.05) is 24.3 Å². The molecule has 22 heavy (non-hydrogen) atoms. The zero-order valence-corrected chi connectivity index (χ0v) is 14.5. The highest BCUT2D eigenvalue weighted by Crippen LogP contribution is 2.20. The zero-order chi connectivity index (χ0) is 16.8. The van der Waals surface area contributed by atoms with Crippen LogP contribution in [0.25, 0.3) is 0 Å². The van der Waals surface area contributed by atoms with E-state index in [0.717, 1.165) is 30.7 Å². The Morgan fingerprint density at radius 1 is 1.09 bits per heavy atom. The summed E-state index contributed by atoms with van der Waals surface area (Å²) >= 11 is 0. The van der Waals surface area contributed by atoms with Crippen LogP contribution in [-0.4, -0.2) is 46.8 Å². The molecule has 1 amide bonds. The van der Waals surface area contributed by atoms with Gasteiger partial charge in [-0.05, 0) is 38.1 Å². The van der Waals surface area contributed by atoms with E-state index < -0.39 is 10.0 Å². The predicted molar refractivity (Wildman–Crippen MR) is 90.9 cm³/mol. The van der Waals surface area contributed by atoms with Crippen LogP contribution in [0.5, 0.6) is 0 Å². The average Bonchev–Trinajstić information content (AvgIpc) is 2.44. The number of anilines is 2. The van der Waals surface area contributed by atoms with Crippen molar-refractivity contribution in [3.8, 4) is 0 Å². The molecule has 0 bridgehead atoms. The van der Waals surface area contributed by atoms with E-state index in [0.29, 0.717) is 6.54 Å². The Kier molecular flexibility index (Phi) is 6.83. The maximum Gasteiger partial charge on any atom is 0.223 e. The van der Waals surface area contributed by atoms with E-state index in [2.05, 4.69) is 23.5 Å². The summed E-state index contributed by atoms with van der Waals surface area (Å²) in [5, 5.41) is 0. The molecule has 0 spiro atoms. The van der Waals surface area contributed by atoms with Crippen molar-refractivity contribution in [2.24, 2.45) is 0 Å². The minimum atomic E-state index is -3.25. The lowest BCUT2D eigenvalue weighted by molar-refractivity contribution is -0.116. The number of amides is 1. The van der Waals surface area contributed by atoms with E-state index in [9.17, 15) is 13.2 Å². The monoisotopic (exact) mass is 327 g/mol. The highest BCUT2D eigenvalue weighted by atomic mass is 32.2. The highest BCUT2D eigenvalue weighted by Gasteiger charge is 2.12. The average molecular weight is 327 g/mol. The molecule has 7 heteroatoms. The van der Waals surface area contributed by atoms with Crippen LogP contribution in [0.15, 0.2) is 24.3 Å². The van der Waals surface area contributed by atoms with Gasteiger partial charge < -0.3 is 9.80 Å². The lowest BCUT2D eigenvalue weighted by atomic mass is 10.2. The van der Waals surface area contributed by atoms with E-state index in [1.165, 1.54) is 6.92 Å². The van der Waals surface area contributed by atoms with Gasteiger partial charge in [0.05, 0.1) is 6.26 Å². The van der Waals surface area contributed by atoms with Gasteiger partial charge in [0.1, 0.15) is 0 Å². The Bertz CT molecular complexity index is 581. The normalized spacial score (nSPS) is 11.3. The summed E-state index contributed by atoms with van der Waals surface area (Å²) in [5.74, 6) is -0.120. The first kappa shape index (κ1) is 18.4. The number of nitrogens with zero attached hydrogens (tertiary/aromatic N) is 2. The topological polar surface area (TPSA) is 69.7 Å². The molecule has 0 aliphatic heterocycles. The fraction of sp³-hybridized carbons (Fsp3) is 0.533. The number of rotatable bonds is 8. The summed E-state index contributed by atoms with van der Waals surface area (Å²) in [7, 11) is -3.25. The van der Waals surface area contributed by atoms with Crippen LogP contribution in [0.3, 0.4) is 0 Å². The smallest absolute Gasteiger partial charge is 0.223 e. The van der Waals surface area contributed by atoms with Gasteiger partial charge in [0.2, 0.25) is 15.9 Å². The minimum absolute atomic E-state index is 0.120. The van der Waals surface area contributed by atoms with Crippen LogP contribution in [-0.2, 0) is 14.8 Å². The Balaban J connectivity index is 2.82. The van der Waals surface area contributed by atoms with Crippen molar-refractivity contribution in [2.45, 2.75) is 20.8 Å². The lowest BCUT2D eigenvalue weighted by Crippen LogP contribution is -2.37. The first-order valence-electron chi connectivity index (χ1n) is 7.36. The lowest BCUT2D eigenvalue weighted by Gasteiger charge is -2.24. The van der Waals surface area contributed by atoms with Crippen molar-refractivity contribution in [1.82, 2.24) is 4.72 Å². The summed E-state index contributed by atoms with van der Waals surface area (Å²) in [6.07, 6.45) is 1.10. The van der Waals surface area contributed by atoms with Crippen LogP contribution >= 0.6 is 0 Å². The van der Waals surface area contributed by atoms with Gasteiger partial charge in [0.25, 0.3) is 0 Å². The van der Waals surface area contributed by atoms with Crippen molar-refractivity contribution in [2.75, 3.05) is 42.2 Å². The number of hydrogen-bond donors (Lipinski definition) is 1. The van der Waals surface area contributed by atoms with Gasteiger partial charge in [0, 0.05) is 44.5 Å². The largest absolute Gasteiger partial charge is 0.372 e. The third-order valence-corrected chi connectivity index (χ3v) is 4.10. The Labute approximate surface area is 133 Å². The number of carbonyl (C=O) groups is 1. The second-order valence-electron chi connectivity index (χ2n) is 5.03. The molecular weight excluding hydrogens is 302 g/mol. The number of benzene rings is 1. The fourth-order valence-corrected chi connectivity index (χ4v) is 2.71. The maximum absolute atomic E-state index is 11.8. The summed E-state index contributed by atoms with van der Waals surface area (Å²) in [5.41, 5.74) is 1.87. The molecule has 0 saturated carbocycles. The Morgan fingerprint density at radius 2 is 1.59 bits per heavy atom. The molecule has 6 nitrogen and oxygen atoms in total. The van der Waals surface area contributed by atoms with Crippen molar-refractivity contribution in [1.29, 1.82) is 0 Å². The summed E-state index contributed by atoms with van der Waals surface area (Å²) in [6, 6.07) is 7.72. The van der Waals surface area contributed by atoms with Crippen LogP contribution in [0.4, 0.5) is 11.4 Å². The molecule has 1 aromatic rings. The van der Waals surface area contributed by atoms with E-state index in [-0.39, 0.29) is 12.5 Å². The summed E-state index contributed by atoms with van der Waals surface area (Å²) in [4.78, 5) is 15.5. The summed E-state index contributed by atoms with van der Waals surface area (Å²) in [6.45, 7) is 7.99. The quantitative estimate of drug-likeness (QED) is 0.784. The number of carbonyl (C=O) groups excluding carboxylic acids is 1. The van der Waals surface area contributed by atoms with Crippen LogP contribution in [0.2, 0.25) is 0 Å². The second-order valence-corrected chi connectivity index (χ2v) is 6.86. The minimum Gasteiger partial charge on any atom is -0.372 e. The molecule has 0 aliphatic carbocycles. The molecule has 0 heterocycles. The molecule has 0 aromatic heterocycles. The first-order valence-corrected chi connectivity index (χ1v) is 9.25. The number of nitrogens with one attached hydrogen (secondary N) is 1. The van der Waals surface area contributed by atoms with Gasteiger partial charge in [-0.25, -0.2) is 13.1 Å². The molecule has 0 unspecified atom stereocenters. The van der Waals surface area contributed by atoms with Gasteiger partial charge >= 0.3 is 0 Å². The Morgan fingerprint density at radius 3 is 2.00 bits per heavy atom. The molecule has 0 fully saturated rings. The second kappa shape index (κ2) is 8.14. The first-order chi connectivity index (χ1) is 10.3. The molecular formula is C15H25N3O3S. The van der Waals surface area contributed by atoms with Crippen LogP contribution in [0.1, 0.15) is 20.8 Å². The SMILES string of the molecule is CCN(CC)c1ccc(N(CCNS(C)(=O)=O)C(C)=O)cc1. The van der Waals surface area contributed by atoms with E-state index in [4.69, 9.17) is 0 Å². The van der Waals surface area contributed by atoms with Crippen molar-refractivity contribution < 1.29 is 13.2 Å². The van der Waals surface area contributed by atoms with Crippen LogP contribution in [0, 0.1) is 0 Å². The van der Waals surface area contributed by atoms with E-state index >= 15 is 0 Å². The fourth-order valence-electron chi connectivity index (χ4n) is 2.24. The molecule has 0 aliphatic rings. The molecule has 124 valence electrons. The van der Waals surface area contributed by atoms with Crippen LogP contribution < -0.4 is 14.5 Å². The van der Waals surface area contributed by atoms with Crippen molar-refractivity contribution in [3.05, 3.63) is 24.3 Å². The predicted octanol–water partition coefficient (Wildman–Crippen LogP) is 1.43. The third-order valence-electron chi connectivity index (χ3n) is 3.37. The van der Waals surface area contributed by atoms with Crippen molar-refractivity contribution >= 4 is 27.3 Å². The molecule has 1 rings (SSSR count). The summed E-state index contributed by atoms with van der Waals surface area (Å²) < 4.78 is 24.6. The van der Waals surface area contributed by atoms with E-state index in [1.54, 1.807) is 4.90 Å². The molecule has 0 radical (unpaired) electrons. The third kappa shape index (κ3) is 5.65. The standard InChI is InChI=1S/C15H25N3O3S/c1-5-17(6-2)14-7-9-15(10-8-14)18(13(3)19)12-11-16-22(4,20)21/h7-10,16H,5-6,11-12H2,1-4H3. The highest BCUT2D eigenvalue weighted by molar-refractivity contribution is 7.88. The molecule has 1 N–H and O–H groups in total. The van der Waals surface area contributed by atoms with Gasteiger partial charge in [-0.2, -0.15) is 0 Å². The maximum atomic E-state index is 11.8. The molecule has 1 aromatic carbocycles. The Hall–Kier alpha value is -1.60. The zero-order valence-electron chi connectivity index (χ0n) is 13.7. The van der Waals surface area contributed by atoms with Gasteiger partial charge in [-0.15, -0.1) is 0 Å². The number of hydrogen-bond acceptors (Lipinski definition) is 4. The van der Waals surface area contributed by atoms with Gasteiger partial charge in [0.15, 0.2) is 0 Å². The van der Waals surface area contributed by atoms with Gasteiger partial charge in [-0.1, -0.05) is 0 Å². The molecule has 0 saturated heterocycles. The number of sulfonamides is 1. The molecule has 0 atom stereocenters.